The lowest BCUT2D eigenvalue weighted by Gasteiger charge is -2.21. The van der Waals surface area contributed by atoms with Crippen LogP contribution in [0, 0.1) is 6.92 Å². The van der Waals surface area contributed by atoms with Crippen LogP contribution in [0.3, 0.4) is 0 Å². The molecule has 0 N–H and O–H groups in total. The van der Waals surface area contributed by atoms with E-state index in [-0.39, 0.29) is 0 Å². The zero-order chi connectivity index (χ0) is 17.0. The van der Waals surface area contributed by atoms with E-state index >= 15 is 0 Å². The summed E-state index contributed by atoms with van der Waals surface area (Å²) in [5.41, 5.74) is 1.70. The second-order valence-corrected chi connectivity index (χ2v) is 5.98. The molecular formula is C14H18F3N5S. The number of aromatic nitrogens is 4. The summed E-state index contributed by atoms with van der Waals surface area (Å²) in [5, 5.41) is 4.49. The molecule has 0 amide bonds. The minimum atomic E-state index is -4.28. The van der Waals surface area contributed by atoms with Gasteiger partial charge >= 0.3 is 6.18 Å². The van der Waals surface area contributed by atoms with Gasteiger partial charge in [0, 0.05) is 36.4 Å². The van der Waals surface area contributed by atoms with E-state index in [1.165, 1.54) is 23.9 Å². The van der Waals surface area contributed by atoms with E-state index in [4.69, 9.17) is 0 Å². The van der Waals surface area contributed by atoms with Gasteiger partial charge < -0.3 is 4.90 Å². The van der Waals surface area contributed by atoms with Crippen LogP contribution in [-0.2, 0) is 13.1 Å². The van der Waals surface area contributed by atoms with Crippen molar-refractivity contribution in [3.8, 4) is 0 Å². The second kappa shape index (κ2) is 7.12. The van der Waals surface area contributed by atoms with Gasteiger partial charge in [0.1, 0.15) is 12.4 Å². The van der Waals surface area contributed by atoms with Crippen LogP contribution in [0.25, 0.3) is 0 Å². The summed E-state index contributed by atoms with van der Waals surface area (Å²) in [7, 11) is 0. The lowest BCUT2D eigenvalue weighted by Crippen LogP contribution is -2.24. The first kappa shape index (κ1) is 17.5. The maximum absolute atomic E-state index is 12.4. The van der Waals surface area contributed by atoms with E-state index in [2.05, 4.69) is 21.0 Å². The molecule has 0 radical (unpaired) electrons. The zero-order valence-electron chi connectivity index (χ0n) is 13.0. The number of nitrogens with zero attached hydrogens (tertiary/aromatic N) is 5. The van der Waals surface area contributed by atoms with Gasteiger partial charge in [0.05, 0.1) is 6.20 Å². The Morgan fingerprint density at radius 3 is 2.74 bits per heavy atom. The summed E-state index contributed by atoms with van der Waals surface area (Å²) in [6.45, 7) is 7.69. The van der Waals surface area contributed by atoms with Gasteiger partial charge in [-0.1, -0.05) is 19.1 Å². The normalized spacial score (nSPS) is 11.7. The van der Waals surface area contributed by atoms with Crippen LogP contribution in [0.5, 0.6) is 0 Å². The van der Waals surface area contributed by atoms with Crippen LogP contribution < -0.4 is 4.90 Å². The first-order valence-corrected chi connectivity index (χ1v) is 7.84. The third-order valence-electron chi connectivity index (χ3n) is 3.10. The fourth-order valence-corrected chi connectivity index (χ4v) is 2.64. The molecule has 0 aliphatic carbocycles. The smallest absolute Gasteiger partial charge is 0.338 e. The monoisotopic (exact) mass is 345 g/mol. The standard InChI is InChI=1S/C14H18F3N5S/c1-4-10(2)6-21(13-19-11(3)20-23-13)7-12-5-18-22(8-12)9-14(15,16)17/h5,8H,2,4,6-7,9H2,1,3H3. The van der Waals surface area contributed by atoms with Gasteiger partial charge in [0.25, 0.3) is 0 Å². The highest BCUT2D eigenvalue weighted by molar-refractivity contribution is 7.09. The van der Waals surface area contributed by atoms with E-state index in [9.17, 15) is 13.2 Å². The van der Waals surface area contributed by atoms with Crippen molar-refractivity contribution in [2.75, 3.05) is 11.4 Å². The number of halogens is 3. The zero-order valence-corrected chi connectivity index (χ0v) is 13.8. The molecule has 0 unspecified atom stereocenters. The molecule has 126 valence electrons. The van der Waals surface area contributed by atoms with Crippen molar-refractivity contribution in [3.05, 3.63) is 35.9 Å². The van der Waals surface area contributed by atoms with Crippen LogP contribution in [-0.4, -0.2) is 31.9 Å². The van der Waals surface area contributed by atoms with Crippen molar-refractivity contribution >= 4 is 16.7 Å². The number of aryl methyl sites for hydroxylation is 1. The Morgan fingerprint density at radius 2 is 2.17 bits per heavy atom. The molecule has 0 saturated heterocycles. The Kier molecular flexibility index (Phi) is 5.40. The summed E-state index contributed by atoms with van der Waals surface area (Å²) in [6.07, 6.45) is -0.609. The van der Waals surface area contributed by atoms with Gasteiger partial charge in [0.15, 0.2) is 0 Å². The van der Waals surface area contributed by atoms with Crippen LogP contribution in [0.1, 0.15) is 24.7 Å². The number of alkyl halides is 3. The molecule has 0 aromatic carbocycles. The fourth-order valence-electron chi connectivity index (χ4n) is 1.97. The quantitative estimate of drug-likeness (QED) is 0.720. The van der Waals surface area contributed by atoms with E-state index in [1.807, 2.05) is 11.8 Å². The molecule has 0 fully saturated rings. The SMILES string of the molecule is C=C(CC)CN(Cc1cnn(CC(F)(F)F)c1)c1nc(C)ns1. The first-order chi connectivity index (χ1) is 10.8. The largest absolute Gasteiger partial charge is 0.408 e. The van der Waals surface area contributed by atoms with Gasteiger partial charge in [-0.25, -0.2) is 4.98 Å². The molecular weight excluding hydrogens is 327 g/mol. The van der Waals surface area contributed by atoms with Crippen LogP contribution in [0.15, 0.2) is 24.5 Å². The predicted octanol–water partition coefficient (Wildman–Crippen LogP) is 3.58. The van der Waals surface area contributed by atoms with Crippen LogP contribution >= 0.6 is 11.5 Å². The maximum Gasteiger partial charge on any atom is 0.408 e. The van der Waals surface area contributed by atoms with Gasteiger partial charge in [-0.05, 0) is 13.3 Å². The van der Waals surface area contributed by atoms with E-state index < -0.39 is 12.7 Å². The number of hydrogen-bond acceptors (Lipinski definition) is 5. The average Bonchev–Trinajstić information content (AvgIpc) is 3.05. The molecule has 0 spiro atoms. The van der Waals surface area contributed by atoms with E-state index in [0.29, 0.717) is 24.5 Å². The molecule has 2 rings (SSSR count). The Hall–Kier alpha value is -1.90. The Morgan fingerprint density at radius 1 is 1.43 bits per heavy atom. The number of anilines is 1. The average molecular weight is 345 g/mol. The molecule has 2 aromatic heterocycles. The lowest BCUT2D eigenvalue weighted by molar-refractivity contribution is -0.142. The summed E-state index contributed by atoms with van der Waals surface area (Å²) in [5.74, 6) is 0.671. The highest BCUT2D eigenvalue weighted by Gasteiger charge is 2.28. The lowest BCUT2D eigenvalue weighted by atomic mass is 10.2. The highest BCUT2D eigenvalue weighted by atomic mass is 32.1. The third-order valence-corrected chi connectivity index (χ3v) is 3.97. The van der Waals surface area contributed by atoms with Crippen molar-refractivity contribution in [1.29, 1.82) is 0 Å². The van der Waals surface area contributed by atoms with Crippen molar-refractivity contribution in [1.82, 2.24) is 19.1 Å². The summed E-state index contributed by atoms with van der Waals surface area (Å²) in [6, 6.07) is 0. The Bertz CT molecular complexity index is 661. The van der Waals surface area contributed by atoms with E-state index in [1.54, 1.807) is 6.92 Å². The third kappa shape index (κ3) is 5.34. The fraction of sp³-hybridized carbons (Fsp3) is 0.500. The molecule has 23 heavy (non-hydrogen) atoms. The highest BCUT2D eigenvalue weighted by Crippen LogP contribution is 2.22. The summed E-state index contributed by atoms with van der Waals surface area (Å²) in [4.78, 5) is 6.30. The first-order valence-electron chi connectivity index (χ1n) is 7.07. The minimum Gasteiger partial charge on any atom is -0.338 e. The summed E-state index contributed by atoms with van der Waals surface area (Å²) < 4.78 is 42.2. The van der Waals surface area contributed by atoms with Gasteiger partial charge in [0.2, 0.25) is 5.13 Å². The minimum absolute atomic E-state index is 0.408. The number of rotatable bonds is 7. The second-order valence-electron chi connectivity index (χ2n) is 5.25. The molecule has 0 atom stereocenters. The molecule has 0 saturated carbocycles. The molecule has 2 heterocycles. The van der Waals surface area contributed by atoms with Crippen molar-refractivity contribution in [2.45, 2.75) is 39.5 Å². The van der Waals surface area contributed by atoms with Crippen LogP contribution in [0.2, 0.25) is 0 Å². The molecule has 0 bridgehead atoms. The van der Waals surface area contributed by atoms with Crippen LogP contribution in [0.4, 0.5) is 18.3 Å². The molecule has 5 nitrogen and oxygen atoms in total. The van der Waals surface area contributed by atoms with Gasteiger partial charge in [-0.15, -0.1) is 0 Å². The topological polar surface area (TPSA) is 46.8 Å². The summed E-state index contributed by atoms with van der Waals surface area (Å²) >= 11 is 1.26. The van der Waals surface area contributed by atoms with Crippen molar-refractivity contribution < 1.29 is 13.2 Å². The van der Waals surface area contributed by atoms with E-state index in [0.717, 1.165) is 21.8 Å². The van der Waals surface area contributed by atoms with Crippen molar-refractivity contribution in [3.63, 3.8) is 0 Å². The maximum atomic E-state index is 12.4. The van der Waals surface area contributed by atoms with Gasteiger partial charge in [-0.3, -0.25) is 4.68 Å². The predicted molar refractivity (Wildman–Crippen MR) is 83.4 cm³/mol. The molecule has 0 aliphatic rings. The Balaban J connectivity index is 2.12. The molecule has 2 aromatic rings. The molecule has 0 aliphatic heterocycles. The Labute approximate surface area is 136 Å². The van der Waals surface area contributed by atoms with Crippen molar-refractivity contribution in [2.24, 2.45) is 0 Å². The number of hydrogen-bond donors (Lipinski definition) is 0. The molecule has 9 heteroatoms. The van der Waals surface area contributed by atoms with Gasteiger partial charge in [-0.2, -0.15) is 22.6 Å².